The van der Waals surface area contributed by atoms with Crippen molar-refractivity contribution in [2.75, 3.05) is 24.9 Å². The molecule has 34 heavy (non-hydrogen) atoms. The summed E-state index contributed by atoms with van der Waals surface area (Å²) >= 11 is 8.37. The number of hydrogen-bond acceptors (Lipinski definition) is 5. The number of aromatic nitrogens is 4. The van der Waals surface area contributed by atoms with Gasteiger partial charge in [0.25, 0.3) is 5.91 Å². The van der Waals surface area contributed by atoms with Crippen molar-refractivity contribution in [2.45, 2.75) is 57.9 Å². The molecule has 5 rings (SSSR count). The van der Waals surface area contributed by atoms with E-state index in [1.807, 2.05) is 24.8 Å². The minimum atomic E-state index is -0.593. The number of thioether (sulfide) groups is 1. The largest absolute Gasteiger partial charge is 0.371 e. The van der Waals surface area contributed by atoms with Crippen LogP contribution in [0, 0.1) is 11.8 Å². The summed E-state index contributed by atoms with van der Waals surface area (Å²) in [6.07, 6.45) is 11.9. The molecule has 2 saturated carbocycles. The fourth-order valence-electron chi connectivity index (χ4n) is 3.65. The lowest BCUT2D eigenvalue weighted by Crippen LogP contribution is -2.13. The van der Waals surface area contributed by atoms with Crippen molar-refractivity contribution in [1.29, 1.82) is 0 Å². The maximum Gasteiger partial charge on any atom is 0.255 e. The van der Waals surface area contributed by atoms with Gasteiger partial charge in [0.2, 0.25) is 0 Å². The molecule has 0 radical (unpaired) electrons. The first kappa shape index (κ1) is 26.0. The number of nitrogens with zero attached hydrogens (tertiary/aromatic N) is 3. The number of carbonyl (C=O) groups excluding carboxylic acids is 1. The van der Waals surface area contributed by atoms with E-state index in [1.54, 1.807) is 18.8 Å². The summed E-state index contributed by atoms with van der Waals surface area (Å²) in [6.45, 7) is 4.25. The minimum Gasteiger partial charge on any atom is -0.371 e. The van der Waals surface area contributed by atoms with Crippen LogP contribution in [0.1, 0.15) is 85.1 Å². The Labute approximate surface area is 210 Å². The van der Waals surface area contributed by atoms with Gasteiger partial charge in [-0.25, -0.2) is 0 Å². The third-order valence-electron chi connectivity index (χ3n) is 5.33. The Hall–Kier alpha value is -2.63. The van der Waals surface area contributed by atoms with Crippen LogP contribution in [0.5, 0.6) is 0 Å². The Morgan fingerprint density at radius 1 is 1.29 bits per heavy atom. The number of primary amides is 1. The van der Waals surface area contributed by atoms with Gasteiger partial charge in [0.15, 0.2) is 5.82 Å². The molecule has 0 spiro atoms. The molecule has 0 bridgehead atoms. The van der Waals surface area contributed by atoms with Crippen LogP contribution in [0.15, 0.2) is 12.3 Å². The van der Waals surface area contributed by atoms with Crippen LogP contribution < -0.4 is 11.1 Å². The maximum absolute atomic E-state index is 11.8. The van der Waals surface area contributed by atoms with E-state index >= 15 is 0 Å². The summed E-state index contributed by atoms with van der Waals surface area (Å²) in [5, 5.41) is 15.8. The fourth-order valence-corrected chi connectivity index (χ4v) is 3.91. The van der Waals surface area contributed by atoms with E-state index < -0.39 is 5.91 Å². The molecule has 0 saturated heterocycles. The third-order valence-corrected chi connectivity index (χ3v) is 5.63. The summed E-state index contributed by atoms with van der Waals surface area (Å²) in [6, 6.07) is 2.51. The number of anilines is 1. The predicted octanol–water partition coefficient (Wildman–Crippen LogP) is 5.56. The Morgan fingerprint density at radius 2 is 1.94 bits per heavy atom. The molecular weight excluding hydrogens is 468 g/mol. The smallest absolute Gasteiger partial charge is 0.255 e. The summed E-state index contributed by atoms with van der Waals surface area (Å²) < 4.78 is 2.13. The number of nitrogens with two attached hydrogens (primary N) is 1. The standard InChI is InChI=1S/C20H19ClN6O.C3H8.C2H6S/c1-23-20-17(19(22)28)16(25-26-20)7-6-12-14-9-24-27(11-4-5-11)18(14)13(8-15(12)21)10-2-3-10;2*1-3-2/h8-11H,2-5H2,1H3,(H2,22,28)(H2,23,25,26);3H2,1-2H3;1-2H3. The Kier molecular flexibility index (Phi) is 8.92. The van der Waals surface area contributed by atoms with Crippen molar-refractivity contribution in [3.05, 3.63) is 39.7 Å². The number of benzene rings is 1. The van der Waals surface area contributed by atoms with Crippen LogP contribution in [0.2, 0.25) is 5.02 Å². The van der Waals surface area contributed by atoms with Crippen LogP contribution >= 0.6 is 23.4 Å². The first-order valence-electron chi connectivity index (χ1n) is 11.6. The van der Waals surface area contributed by atoms with Gasteiger partial charge in [-0.05, 0) is 61.7 Å². The van der Waals surface area contributed by atoms with Crippen molar-refractivity contribution in [3.63, 3.8) is 0 Å². The molecule has 1 aromatic carbocycles. The highest BCUT2D eigenvalue weighted by molar-refractivity contribution is 7.97. The minimum absolute atomic E-state index is 0.241. The van der Waals surface area contributed by atoms with Crippen LogP contribution in [-0.4, -0.2) is 45.4 Å². The van der Waals surface area contributed by atoms with E-state index in [0.717, 1.165) is 23.7 Å². The molecule has 2 aromatic heterocycles. The fraction of sp³-hybridized carbons (Fsp3) is 0.480. The zero-order valence-electron chi connectivity index (χ0n) is 20.5. The molecule has 2 aliphatic carbocycles. The number of amides is 1. The summed E-state index contributed by atoms with van der Waals surface area (Å²) in [4.78, 5) is 11.8. The van der Waals surface area contributed by atoms with E-state index in [1.165, 1.54) is 24.8 Å². The molecule has 0 atom stereocenters. The molecule has 0 unspecified atom stereocenters. The van der Waals surface area contributed by atoms with E-state index in [0.29, 0.717) is 34.1 Å². The zero-order valence-corrected chi connectivity index (χ0v) is 22.0. The number of halogens is 1. The second kappa shape index (κ2) is 11.7. The van der Waals surface area contributed by atoms with Gasteiger partial charge in [0.05, 0.1) is 28.3 Å². The van der Waals surface area contributed by atoms with E-state index in [9.17, 15) is 4.79 Å². The number of nitrogens with one attached hydrogen (secondary N) is 2. The molecule has 3 aromatic rings. The van der Waals surface area contributed by atoms with Gasteiger partial charge in [-0.2, -0.15) is 22.0 Å². The van der Waals surface area contributed by atoms with Gasteiger partial charge in [-0.3, -0.25) is 14.6 Å². The van der Waals surface area contributed by atoms with Crippen LogP contribution in [0.25, 0.3) is 10.9 Å². The predicted molar refractivity (Wildman–Crippen MR) is 143 cm³/mol. The number of fused-ring (bicyclic) bond motifs is 1. The Balaban J connectivity index is 0.000000492. The Morgan fingerprint density at radius 3 is 2.47 bits per heavy atom. The summed E-state index contributed by atoms with van der Waals surface area (Å²) in [5.41, 5.74) is 9.22. The number of carbonyl (C=O) groups is 1. The van der Waals surface area contributed by atoms with Crippen molar-refractivity contribution in [1.82, 2.24) is 20.0 Å². The summed E-state index contributed by atoms with van der Waals surface area (Å²) in [7, 11) is 1.67. The van der Waals surface area contributed by atoms with Crippen LogP contribution in [0.4, 0.5) is 5.82 Å². The topological polar surface area (TPSA) is 102 Å². The molecule has 7 nitrogen and oxygen atoms in total. The van der Waals surface area contributed by atoms with Crippen molar-refractivity contribution in [2.24, 2.45) is 5.73 Å². The van der Waals surface area contributed by atoms with Crippen molar-refractivity contribution >= 4 is 46.0 Å². The average Bonchev–Trinajstić information content (AvgIpc) is 3.73. The third kappa shape index (κ3) is 5.70. The van der Waals surface area contributed by atoms with E-state index in [2.05, 4.69) is 51.0 Å². The average molecular weight is 501 g/mol. The normalized spacial score (nSPS) is 14.3. The first-order valence-corrected chi connectivity index (χ1v) is 13.6. The number of aromatic amines is 1. The lowest BCUT2D eigenvalue weighted by molar-refractivity contribution is 0.100. The second-order valence-electron chi connectivity index (χ2n) is 8.48. The highest BCUT2D eigenvalue weighted by Gasteiger charge is 2.32. The number of H-pyrrole nitrogens is 1. The van der Waals surface area contributed by atoms with Crippen molar-refractivity contribution < 1.29 is 4.79 Å². The zero-order chi connectivity index (χ0) is 24.8. The maximum atomic E-state index is 11.8. The molecule has 2 heterocycles. The first-order chi connectivity index (χ1) is 16.4. The quantitative estimate of drug-likeness (QED) is 0.407. The molecule has 1 amide bonds. The molecule has 2 fully saturated rings. The summed E-state index contributed by atoms with van der Waals surface area (Å²) in [5.74, 6) is 6.45. The highest BCUT2D eigenvalue weighted by atomic mass is 35.5. The van der Waals surface area contributed by atoms with Crippen molar-refractivity contribution in [3.8, 4) is 11.8 Å². The van der Waals surface area contributed by atoms with Gasteiger partial charge in [-0.1, -0.05) is 37.8 Å². The van der Waals surface area contributed by atoms with Gasteiger partial charge in [0, 0.05) is 12.4 Å². The molecule has 4 N–H and O–H groups in total. The van der Waals surface area contributed by atoms with Gasteiger partial charge >= 0.3 is 0 Å². The lowest BCUT2D eigenvalue weighted by atomic mass is 10.0. The molecule has 182 valence electrons. The molecule has 9 heteroatoms. The lowest BCUT2D eigenvalue weighted by Gasteiger charge is -2.09. The SMILES string of the molecule is CCC.CNc1n[nH]c(C#Cc2c(Cl)cc(C3CC3)c3c2cnn3C2CC2)c1C(N)=O.CSC. The second-order valence-corrected chi connectivity index (χ2v) is 9.71. The van der Waals surface area contributed by atoms with E-state index in [-0.39, 0.29) is 5.56 Å². The van der Waals surface area contributed by atoms with Crippen LogP contribution in [0.3, 0.4) is 0 Å². The Bertz CT molecular complexity index is 1210. The van der Waals surface area contributed by atoms with Gasteiger partial charge in [0.1, 0.15) is 11.3 Å². The molecular formula is C25H33ClN6OS. The number of hydrogen-bond donors (Lipinski definition) is 3. The van der Waals surface area contributed by atoms with Gasteiger partial charge in [-0.15, -0.1) is 0 Å². The van der Waals surface area contributed by atoms with E-state index in [4.69, 9.17) is 17.3 Å². The molecule has 0 aliphatic heterocycles. The molecule has 2 aliphatic rings. The highest BCUT2D eigenvalue weighted by Crippen LogP contribution is 2.47. The monoisotopic (exact) mass is 500 g/mol. The number of rotatable bonds is 4. The van der Waals surface area contributed by atoms with Crippen LogP contribution in [-0.2, 0) is 0 Å². The van der Waals surface area contributed by atoms with Gasteiger partial charge < -0.3 is 11.1 Å².